The predicted octanol–water partition coefficient (Wildman–Crippen LogP) is 4.82. The summed E-state index contributed by atoms with van der Waals surface area (Å²) in [6.45, 7) is 3.36. The minimum Gasteiger partial charge on any atom is -0.325 e. The molecule has 3 heterocycles. The zero-order chi connectivity index (χ0) is 23.7. The number of aromatic nitrogens is 3. The van der Waals surface area contributed by atoms with Gasteiger partial charge in [-0.25, -0.2) is 9.78 Å². The van der Waals surface area contributed by atoms with Gasteiger partial charge in [0.1, 0.15) is 0 Å². The van der Waals surface area contributed by atoms with E-state index in [4.69, 9.17) is 4.98 Å². The van der Waals surface area contributed by atoms with Crippen LogP contribution in [0.15, 0.2) is 60.7 Å². The lowest BCUT2D eigenvalue weighted by Gasteiger charge is -2.18. The first kappa shape index (κ1) is 21.6. The summed E-state index contributed by atoms with van der Waals surface area (Å²) in [5, 5.41) is 11.1. The maximum absolute atomic E-state index is 13.6. The third-order valence-corrected chi connectivity index (χ3v) is 6.09. The third-order valence-electron chi connectivity index (χ3n) is 6.09. The molecule has 34 heavy (non-hydrogen) atoms. The first-order chi connectivity index (χ1) is 16.5. The minimum absolute atomic E-state index is 0.153. The zero-order valence-corrected chi connectivity index (χ0v) is 19.2. The Hall–Kier alpha value is -4.20. The number of pyridine rings is 1. The molecule has 2 aromatic heterocycles. The second-order valence-corrected chi connectivity index (χ2v) is 8.45. The lowest BCUT2D eigenvalue weighted by molar-refractivity contribution is 0.102. The van der Waals surface area contributed by atoms with Crippen LogP contribution in [0, 0.1) is 6.92 Å². The van der Waals surface area contributed by atoms with E-state index >= 15 is 0 Å². The van der Waals surface area contributed by atoms with Crippen molar-refractivity contribution in [2.24, 2.45) is 7.05 Å². The number of hydrogen-bond acceptors (Lipinski definition) is 4. The summed E-state index contributed by atoms with van der Waals surface area (Å²) in [6, 6.07) is 18.6. The van der Waals surface area contributed by atoms with Crippen LogP contribution >= 0.6 is 0 Å². The van der Waals surface area contributed by atoms with E-state index in [0.717, 1.165) is 37.2 Å². The molecule has 1 saturated heterocycles. The number of carbonyl (C=O) groups excluding carboxylic acids is 2. The third kappa shape index (κ3) is 4.10. The minimum atomic E-state index is -0.288. The molecule has 1 aliphatic heterocycles. The monoisotopic (exact) mass is 454 g/mol. The van der Waals surface area contributed by atoms with Gasteiger partial charge in [0.05, 0.1) is 33.7 Å². The molecule has 2 N–H and O–H groups in total. The molecule has 4 aromatic rings. The van der Waals surface area contributed by atoms with Crippen LogP contribution in [0.4, 0.5) is 16.2 Å². The van der Waals surface area contributed by atoms with Crippen LogP contribution in [0.1, 0.15) is 28.9 Å². The normalized spacial score (nSPS) is 13.3. The van der Waals surface area contributed by atoms with Gasteiger partial charge in [-0.05, 0) is 38.0 Å². The SMILES string of the molecule is Cc1nn(C)c2nc(-c3ccccc3)cc(C(=O)Nc3ccccc3NC(=O)N3CCCC3)c12. The number of nitrogens with zero attached hydrogens (tertiary/aromatic N) is 4. The summed E-state index contributed by atoms with van der Waals surface area (Å²) in [7, 11) is 1.82. The van der Waals surface area contributed by atoms with Crippen LogP contribution in [-0.4, -0.2) is 44.7 Å². The molecule has 2 aromatic carbocycles. The number of benzene rings is 2. The molecule has 0 bridgehead atoms. The molecular weight excluding hydrogens is 428 g/mol. The summed E-state index contributed by atoms with van der Waals surface area (Å²) in [5.41, 5.74) is 4.55. The average molecular weight is 455 g/mol. The Bertz CT molecular complexity index is 1370. The van der Waals surface area contributed by atoms with Gasteiger partial charge >= 0.3 is 6.03 Å². The number of carbonyl (C=O) groups is 2. The molecular formula is C26H26N6O2. The van der Waals surface area contributed by atoms with Crippen molar-refractivity contribution < 1.29 is 9.59 Å². The Morgan fingerprint density at radius 2 is 1.56 bits per heavy atom. The van der Waals surface area contributed by atoms with Crippen molar-refractivity contribution in [2.75, 3.05) is 23.7 Å². The summed E-state index contributed by atoms with van der Waals surface area (Å²) < 4.78 is 1.69. The highest BCUT2D eigenvalue weighted by Gasteiger charge is 2.22. The number of anilines is 2. The molecule has 172 valence electrons. The fourth-order valence-electron chi connectivity index (χ4n) is 4.39. The molecule has 1 fully saturated rings. The van der Waals surface area contributed by atoms with Crippen molar-refractivity contribution in [1.29, 1.82) is 0 Å². The number of likely N-dealkylation sites (tertiary alicyclic amines) is 1. The first-order valence-electron chi connectivity index (χ1n) is 11.4. The van der Waals surface area contributed by atoms with Gasteiger partial charge in [-0.2, -0.15) is 5.10 Å². The Morgan fingerprint density at radius 3 is 2.26 bits per heavy atom. The highest BCUT2D eigenvalue weighted by molar-refractivity contribution is 6.14. The molecule has 0 saturated carbocycles. The fraction of sp³-hybridized carbons (Fsp3) is 0.231. The fourth-order valence-corrected chi connectivity index (χ4v) is 4.39. The highest BCUT2D eigenvalue weighted by Crippen LogP contribution is 2.29. The number of fused-ring (bicyclic) bond motifs is 1. The van der Waals surface area contributed by atoms with Crippen LogP contribution in [-0.2, 0) is 7.05 Å². The molecule has 0 atom stereocenters. The number of urea groups is 1. The van der Waals surface area contributed by atoms with Gasteiger partial charge in [0.15, 0.2) is 5.65 Å². The van der Waals surface area contributed by atoms with Crippen LogP contribution in [0.25, 0.3) is 22.3 Å². The van der Waals surface area contributed by atoms with E-state index in [2.05, 4.69) is 15.7 Å². The Balaban J connectivity index is 1.50. The lowest BCUT2D eigenvalue weighted by Crippen LogP contribution is -2.32. The average Bonchev–Trinajstić information content (AvgIpc) is 3.49. The maximum Gasteiger partial charge on any atom is 0.321 e. The Kier molecular flexibility index (Phi) is 5.71. The smallest absolute Gasteiger partial charge is 0.321 e. The van der Waals surface area contributed by atoms with E-state index in [1.165, 1.54) is 0 Å². The van der Waals surface area contributed by atoms with Gasteiger partial charge in [0.25, 0.3) is 5.91 Å². The Labute approximate surface area is 197 Å². The first-order valence-corrected chi connectivity index (χ1v) is 11.4. The van der Waals surface area contributed by atoms with E-state index in [0.29, 0.717) is 33.7 Å². The number of hydrogen-bond donors (Lipinski definition) is 2. The number of nitrogens with one attached hydrogen (secondary N) is 2. The van der Waals surface area contributed by atoms with Gasteiger partial charge in [-0.3, -0.25) is 9.48 Å². The van der Waals surface area contributed by atoms with E-state index < -0.39 is 0 Å². The summed E-state index contributed by atoms with van der Waals surface area (Å²) in [5.74, 6) is -0.288. The van der Waals surface area contributed by atoms with E-state index in [-0.39, 0.29) is 11.9 Å². The molecule has 1 aliphatic rings. The highest BCUT2D eigenvalue weighted by atomic mass is 16.2. The van der Waals surface area contributed by atoms with Gasteiger partial charge in [-0.1, -0.05) is 42.5 Å². The molecule has 0 spiro atoms. The molecule has 5 rings (SSSR count). The number of para-hydroxylation sites is 2. The predicted molar refractivity (Wildman–Crippen MR) is 133 cm³/mol. The topological polar surface area (TPSA) is 92.1 Å². The van der Waals surface area contributed by atoms with E-state index in [9.17, 15) is 9.59 Å². The number of aryl methyl sites for hydroxylation is 2. The second-order valence-electron chi connectivity index (χ2n) is 8.45. The summed E-state index contributed by atoms with van der Waals surface area (Å²) in [4.78, 5) is 32.8. The van der Waals surface area contributed by atoms with Crippen molar-refractivity contribution in [3.8, 4) is 11.3 Å². The van der Waals surface area contributed by atoms with Crippen LogP contribution in [0.5, 0.6) is 0 Å². The number of rotatable bonds is 4. The van der Waals surface area contributed by atoms with Crippen molar-refractivity contribution in [3.63, 3.8) is 0 Å². The molecule has 3 amide bonds. The van der Waals surface area contributed by atoms with E-state index in [1.807, 2.05) is 56.4 Å². The van der Waals surface area contributed by atoms with Crippen molar-refractivity contribution in [1.82, 2.24) is 19.7 Å². The molecule has 0 radical (unpaired) electrons. The van der Waals surface area contributed by atoms with Gasteiger partial charge in [-0.15, -0.1) is 0 Å². The van der Waals surface area contributed by atoms with E-state index in [1.54, 1.807) is 27.8 Å². The van der Waals surface area contributed by atoms with Crippen LogP contribution in [0.2, 0.25) is 0 Å². The molecule has 8 nitrogen and oxygen atoms in total. The molecule has 8 heteroatoms. The van der Waals surface area contributed by atoms with Crippen molar-refractivity contribution >= 4 is 34.3 Å². The summed E-state index contributed by atoms with van der Waals surface area (Å²) >= 11 is 0. The quantitative estimate of drug-likeness (QED) is 0.462. The van der Waals surface area contributed by atoms with Crippen LogP contribution < -0.4 is 10.6 Å². The van der Waals surface area contributed by atoms with Crippen LogP contribution in [0.3, 0.4) is 0 Å². The van der Waals surface area contributed by atoms with Crippen molar-refractivity contribution in [3.05, 3.63) is 71.9 Å². The van der Waals surface area contributed by atoms with Crippen molar-refractivity contribution in [2.45, 2.75) is 19.8 Å². The Morgan fingerprint density at radius 1 is 0.912 bits per heavy atom. The lowest BCUT2D eigenvalue weighted by atomic mass is 10.0. The van der Waals surface area contributed by atoms with Gasteiger partial charge in [0, 0.05) is 25.7 Å². The second kappa shape index (κ2) is 8.97. The molecule has 0 unspecified atom stereocenters. The number of amides is 3. The zero-order valence-electron chi connectivity index (χ0n) is 19.2. The van der Waals surface area contributed by atoms with Gasteiger partial charge in [0.2, 0.25) is 0 Å². The standard InChI is InChI=1S/C26H26N6O2/c1-17-23-19(16-22(18-10-4-3-5-11-18)27-24(23)31(2)30-17)25(33)28-20-12-6-7-13-21(20)29-26(34)32-14-8-9-15-32/h3-7,10-13,16H,8-9,14-15H2,1-2H3,(H,28,33)(H,29,34). The maximum atomic E-state index is 13.6. The largest absolute Gasteiger partial charge is 0.325 e. The van der Waals surface area contributed by atoms with Gasteiger partial charge < -0.3 is 15.5 Å². The molecule has 0 aliphatic carbocycles. The summed E-state index contributed by atoms with van der Waals surface area (Å²) in [6.07, 6.45) is 2.02.